The zero-order chi connectivity index (χ0) is 35.8. The molecule has 0 radical (unpaired) electrons. The molecule has 7 nitrogen and oxygen atoms in total. The Morgan fingerprint density at radius 3 is 1.51 bits per heavy atom. The van der Waals surface area contributed by atoms with Crippen molar-refractivity contribution in [2.75, 3.05) is 13.2 Å². The smallest absolute Gasteiger partial charge is 0.132 e. The average molecular weight is 703 g/mol. The highest BCUT2D eigenvalue weighted by molar-refractivity contribution is 5.29. The summed E-state index contributed by atoms with van der Waals surface area (Å²) in [4.78, 5) is 0. The molecule has 0 spiro atoms. The quantitative estimate of drug-likeness (QED) is 0.0880. The Kier molecular flexibility index (Phi) is 14.6. The molecule has 268 valence electrons. The van der Waals surface area contributed by atoms with Crippen LogP contribution in [0.15, 0.2) is 127 Å². The van der Waals surface area contributed by atoms with Crippen LogP contribution in [-0.4, -0.2) is 47.8 Å². The van der Waals surface area contributed by atoms with Crippen molar-refractivity contribution in [2.45, 2.75) is 57.5 Å². The van der Waals surface area contributed by atoms with Gasteiger partial charge in [0.2, 0.25) is 0 Å². The van der Waals surface area contributed by atoms with Gasteiger partial charge in [0, 0.05) is 17.2 Å². The summed E-state index contributed by atoms with van der Waals surface area (Å²) in [6.07, 6.45) is -5.31. The van der Waals surface area contributed by atoms with Crippen molar-refractivity contribution in [1.82, 2.24) is 0 Å². The molecule has 0 aromatic heterocycles. The van der Waals surface area contributed by atoms with Gasteiger partial charge in [-0.15, -0.1) is 0 Å². The fourth-order valence-electron chi connectivity index (χ4n) is 5.15. The van der Waals surface area contributed by atoms with Crippen molar-refractivity contribution in [3.8, 4) is 5.75 Å². The van der Waals surface area contributed by atoms with E-state index >= 15 is 4.39 Å². The maximum atomic E-state index is 15.0. The van der Waals surface area contributed by atoms with Gasteiger partial charge in [-0.05, 0) is 41.0 Å². The van der Waals surface area contributed by atoms with Crippen molar-refractivity contribution in [3.63, 3.8) is 0 Å². The molecule has 0 saturated carbocycles. The Hall–Kier alpha value is -4.55. The Bertz CT molecular complexity index is 1740. The van der Waals surface area contributed by atoms with Crippen LogP contribution in [0.25, 0.3) is 0 Å². The minimum atomic E-state index is -1.56. The molecule has 0 aliphatic rings. The topological polar surface area (TPSA) is 86.6 Å². The van der Waals surface area contributed by atoms with Gasteiger partial charge in [-0.1, -0.05) is 97.1 Å². The summed E-state index contributed by atoms with van der Waals surface area (Å²) >= 11 is 0. The van der Waals surface area contributed by atoms with Gasteiger partial charge >= 0.3 is 0 Å². The summed E-state index contributed by atoms with van der Waals surface area (Å²) in [6, 6.07) is 35.1. The van der Waals surface area contributed by atoms with Crippen LogP contribution in [0.3, 0.4) is 0 Å². The van der Waals surface area contributed by atoms with Gasteiger partial charge in [-0.25, -0.2) is 13.2 Å². The minimum absolute atomic E-state index is 0.0336. The van der Waals surface area contributed by atoms with Crippen molar-refractivity contribution >= 4 is 0 Å². The molecule has 10 heteroatoms. The van der Waals surface area contributed by atoms with Crippen molar-refractivity contribution in [3.05, 3.63) is 173 Å². The molecule has 0 heterocycles. The second kappa shape index (κ2) is 19.7. The molecule has 2 N–H and O–H groups in total. The number of aliphatic hydroxyl groups excluding tert-OH is 2. The lowest BCUT2D eigenvalue weighted by Crippen LogP contribution is -2.49. The Morgan fingerprint density at radius 2 is 0.961 bits per heavy atom. The van der Waals surface area contributed by atoms with Crippen LogP contribution in [0, 0.1) is 17.5 Å². The second-order valence-corrected chi connectivity index (χ2v) is 11.9. The summed E-state index contributed by atoms with van der Waals surface area (Å²) in [7, 11) is 0. The van der Waals surface area contributed by atoms with Crippen LogP contribution in [0.5, 0.6) is 5.75 Å². The molecular weight excluding hydrogens is 661 g/mol. The normalized spacial score (nSPS) is 13.7. The number of rotatable bonds is 20. The highest BCUT2D eigenvalue weighted by atomic mass is 19.1. The molecule has 5 aromatic rings. The average Bonchev–Trinajstić information content (AvgIpc) is 3.16. The molecule has 0 fully saturated rings. The largest absolute Gasteiger partial charge is 0.489 e. The summed E-state index contributed by atoms with van der Waals surface area (Å²) < 4.78 is 72.0. The van der Waals surface area contributed by atoms with Gasteiger partial charge in [0.25, 0.3) is 0 Å². The number of hydrogen-bond donors (Lipinski definition) is 2. The van der Waals surface area contributed by atoms with E-state index in [-0.39, 0.29) is 45.2 Å². The standard InChI is InChI=1S/C41H41F3O7/c42-34-18-15-31(16-19-34)24-51-39(27-47-25-32-13-7-8-14-36(32)43)41(46)40(45)38(50-23-30-11-5-2-6-12-30)28-48-26-33-17-20-35(21-37(33)44)49-22-29-9-3-1-4-10-29/h1-21,38-41,45-46H,22-28H2/t38-,39-,40-,41-/m1/s1. The van der Waals surface area contributed by atoms with E-state index < -0.39 is 41.9 Å². The molecule has 4 atom stereocenters. The van der Waals surface area contributed by atoms with E-state index in [1.807, 2.05) is 60.7 Å². The van der Waals surface area contributed by atoms with Crippen LogP contribution < -0.4 is 4.74 Å². The third kappa shape index (κ3) is 12.0. The predicted molar refractivity (Wildman–Crippen MR) is 185 cm³/mol. The summed E-state index contributed by atoms with van der Waals surface area (Å²) in [5, 5.41) is 22.9. The van der Waals surface area contributed by atoms with Crippen LogP contribution >= 0.6 is 0 Å². The number of halogens is 3. The molecule has 5 aromatic carbocycles. The molecular formula is C41H41F3O7. The van der Waals surface area contributed by atoms with Crippen LogP contribution in [0.4, 0.5) is 13.2 Å². The lowest BCUT2D eigenvalue weighted by molar-refractivity contribution is -0.170. The fourth-order valence-corrected chi connectivity index (χ4v) is 5.15. The zero-order valence-corrected chi connectivity index (χ0v) is 28.0. The highest BCUT2D eigenvalue weighted by Crippen LogP contribution is 2.21. The number of hydrogen-bond acceptors (Lipinski definition) is 7. The molecule has 51 heavy (non-hydrogen) atoms. The first-order valence-electron chi connectivity index (χ1n) is 16.6. The first-order valence-corrected chi connectivity index (χ1v) is 16.6. The van der Waals surface area contributed by atoms with Crippen molar-refractivity contribution in [1.29, 1.82) is 0 Å². The molecule has 0 aliphatic heterocycles. The molecule has 0 unspecified atom stereocenters. The zero-order valence-electron chi connectivity index (χ0n) is 28.0. The molecule has 0 amide bonds. The van der Waals surface area contributed by atoms with E-state index in [4.69, 9.17) is 23.7 Å². The first-order chi connectivity index (χ1) is 24.9. The first kappa shape index (κ1) is 37.7. The van der Waals surface area contributed by atoms with E-state index in [0.29, 0.717) is 23.5 Å². The third-order valence-corrected chi connectivity index (χ3v) is 8.11. The van der Waals surface area contributed by atoms with Crippen LogP contribution in [0.2, 0.25) is 0 Å². The molecule has 0 aliphatic carbocycles. The fraction of sp³-hybridized carbons (Fsp3) is 0.268. The minimum Gasteiger partial charge on any atom is -0.489 e. The summed E-state index contributed by atoms with van der Waals surface area (Å²) in [6.45, 7) is -0.333. The van der Waals surface area contributed by atoms with Gasteiger partial charge in [0.15, 0.2) is 0 Å². The Balaban J connectivity index is 1.24. The summed E-state index contributed by atoms with van der Waals surface area (Å²) in [5.74, 6) is -1.01. The monoisotopic (exact) mass is 702 g/mol. The van der Waals surface area contributed by atoms with Gasteiger partial charge in [-0.2, -0.15) is 0 Å². The number of aliphatic hydroxyl groups is 2. The lowest BCUT2D eigenvalue weighted by Gasteiger charge is -2.32. The van der Waals surface area contributed by atoms with Crippen molar-refractivity contribution in [2.24, 2.45) is 0 Å². The molecule has 0 saturated heterocycles. The van der Waals surface area contributed by atoms with E-state index in [2.05, 4.69) is 0 Å². The molecule has 5 rings (SSSR count). The molecule has 0 bridgehead atoms. The van der Waals surface area contributed by atoms with Crippen molar-refractivity contribution < 1.29 is 47.1 Å². The summed E-state index contributed by atoms with van der Waals surface area (Å²) in [5.41, 5.74) is 2.97. The van der Waals surface area contributed by atoms with Gasteiger partial charge in [0.1, 0.15) is 54.2 Å². The third-order valence-electron chi connectivity index (χ3n) is 8.11. The van der Waals surface area contributed by atoms with E-state index in [1.54, 1.807) is 30.3 Å². The van der Waals surface area contributed by atoms with E-state index in [9.17, 15) is 19.0 Å². The van der Waals surface area contributed by atoms with Gasteiger partial charge in [-0.3, -0.25) is 0 Å². The maximum absolute atomic E-state index is 15.0. The number of ether oxygens (including phenoxy) is 5. The number of benzene rings is 5. The van der Waals surface area contributed by atoms with E-state index in [0.717, 1.165) is 11.1 Å². The van der Waals surface area contributed by atoms with Crippen LogP contribution in [-0.2, 0) is 52.0 Å². The lowest BCUT2D eigenvalue weighted by atomic mass is 10.0. The Labute approximate surface area is 295 Å². The van der Waals surface area contributed by atoms with E-state index in [1.165, 1.54) is 36.4 Å². The highest BCUT2D eigenvalue weighted by Gasteiger charge is 2.34. The SMILES string of the molecule is O[C@@H]([C@H](O)[C@@H](COCc1ccc(OCc2ccccc2)cc1F)OCc1ccccc1)[C@@H](COCc1ccccc1F)OCc1ccc(F)cc1. The van der Waals surface area contributed by atoms with Gasteiger partial charge < -0.3 is 33.9 Å². The Morgan fingerprint density at radius 1 is 0.471 bits per heavy atom. The second-order valence-electron chi connectivity index (χ2n) is 11.9. The maximum Gasteiger partial charge on any atom is 0.132 e. The van der Waals surface area contributed by atoms with Gasteiger partial charge in [0.05, 0.1) is 39.6 Å². The van der Waals surface area contributed by atoms with Crippen LogP contribution in [0.1, 0.15) is 27.8 Å². The predicted octanol–water partition coefficient (Wildman–Crippen LogP) is 7.31.